The van der Waals surface area contributed by atoms with Crippen LogP contribution >= 0.6 is 0 Å². The Labute approximate surface area is 101 Å². The van der Waals surface area contributed by atoms with Crippen molar-refractivity contribution in [3.63, 3.8) is 0 Å². The van der Waals surface area contributed by atoms with Gasteiger partial charge in [0.2, 0.25) is 0 Å². The van der Waals surface area contributed by atoms with Gasteiger partial charge in [0.05, 0.1) is 0 Å². The van der Waals surface area contributed by atoms with Crippen LogP contribution < -0.4 is 15.8 Å². The first-order chi connectivity index (χ1) is 8.34. The van der Waals surface area contributed by atoms with Crippen molar-refractivity contribution in [3.8, 4) is 5.75 Å². The molecule has 0 aliphatic rings. The lowest BCUT2D eigenvalue weighted by atomic mass is 10.3. The number of para-hydroxylation sites is 1. The summed E-state index contributed by atoms with van der Waals surface area (Å²) in [6.07, 6.45) is 0. The van der Waals surface area contributed by atoms with Crippen molar-refractivity contribution in [2.75, 3.05) is 24.2 Å². The molecule has 0 bridgehead atoms. The Balaban J connectivity index is 1.73. The predicted octanol–water partition coefficient (Wildman–Crippen LogP) is 2.76. The molecule has 88 valence electrons. The average Bonchev–Trinajstić information content (AvgIpc) is 2.36. The summed E-state index contributed by atoms with van der Waals surface area (Å²) < 4.78 is 5.56. The second kappa shape index (κ2) is 5.80. The van der Waals surface area contributed by atoms with Gasteiger partial charge in [0, 0.05) is 17.9 Å². The lowest BCUT2D eigenvalue weighted by molar-refractivity contribution is 0.333. The molecule has 0 aliphatic carbocycles. The number of benzene rings is 2. The largest absolute Gasteiger partial charge is 0.492 e. The Morgan fingerprint density at radius 2 is 1.82 bits per heavy atom. The standard InChI is InChI=1S/C14H16N2O/c15-12-5-4-6-13(11-12)16-9-10-17-14-7-2-1-3-8-14/h1-8,11,16H,9-10,15H2. The molecular weight excluding hydrogens is 212 g/mol. The van der Waals surface area contributed by atoms with Gasteiger partial charge in [0.1, 0.15) is 12.4 Å². The average molecular weight is 228 g/mol. The molecule has 3 nitrogen and oxygen atoms in total. The van der Waals surface area contributed by atoms with Gasteiger partial charge in [-0.3, -0.25) is 0 Å². The number of nitrogens with two attached hydrogens (primary N) is 1. The fourth-order valence-electron chi connectivity index (χ4n) is 1.53. The first-order valence-electron chi connectivity index (χ1n) is 5.62. The van der Waals surface area contributed by atoms with E-state index >= 15 is 0 Å². The summed E-state index contributed by atoms with van der Waals surface area (Å²) in [7, 11) is 0. The van der Waals surface area contributed by atoms with Gasteiger partial charge in [-0.25, -0.2) is 0 Å². The van der Waals surface area contributed by atoms with Crippen LogP contribution in [-0.4, -0.2) is 13.2 Å². The second-order valence-electron chi connectivity index (χ2n) is 3.71. The lowest BCUT2D eigenvalue weighted by Gasteiger charge is -2.08. The summed E-state index contributed by atoms with van der Waals surface area (Å²) >= 11 is 0. The van der Waals surface area contributed by atoms with Crippen molar-refractivity contribution in [2.24, 2.45) is 0 Å². The van der Waals surface area contributed by atoms with E-state index in [2.05, 4.69) is 5.32 Å². The minimum atomic E-state index is 0.624. The van der Waals surface area contributed by atoms with Gasteiger partial charge in [0.15, 0.2) is 0 Å². The molecular formula is C14H16N2O. The predicted molar refractivity (Wildman–Crippen MR) is 71.3 cm³/mol. The molecule has 0 saturated heterocycles. The SMILES string of the molecule is Nc1cccc(NCCOc2ccccc2)c1. The van der Waals surface area contributed by atoms with E-state index in [1.807, 2.05) is 54.6 Å². The summed E-state index contributed by atoms with van der Waals surface area (Å²) in [6.45, 7) is 1.37. The van der Waals surface area contributed by atoms with Crippen LogP contribution in [0.5, 0.6) is 5.75 Å². The van der Waals surface area contributed by atoms with Gasteiger partial charge in [-0.2, -0.15) is 0 Å². The van der Waals surface area contributed by atoms with E-state index < -0.39 is 0 Å². The molecule has 3 heteroatoms. The molecule has 0 spiro atoms. The zero-order valence-electron chi connectivity index (χ0n) is 9.60. The highest BCUT2D eigenvalue weighted by atomic mass is 16.5. The van der Waals surface area contributed by atoms with Crippen molar-refractivity contribution in [3.05, 3.63) is 54.6 Å². The molecule has 0 aromatic heterocycles. The summed E-state index contributed by atoms with van der Waals surface area (Å²) in [5.41, 5.74) is 7.46. The van der Waals surface area contributed by atoms with Crippen LogP contribution in [-0.2, 0) is 0 Å². The minimum absolute atomic E-state index is 0.624. The van der Waals surface area contributed by atoms with E-state index in [-0.39, 0.29) is 0 Å². The Hall–Kier alpha value is -2.16. The molecule has 0 amide bonds. The van der Waals surface area contributed by atoms with Gasteiger partial charge < -0.3 is 15.8 Å². The van der Waals surface area contributed by atoms with Gasteiger partial charge in [-0.1, -0.05) is 24.3 Å². The van der Waals surface area contributed by atoms with E-state index in [4.69, 9.17) is 10.5 Å². The molecule has 0 saturated carbocycles. The Morgan fingerprint density at radius 3 is 2.59 bits per heavy atom. The zero-order chi connectivity index (χ0) is 11.9. The molecule has 17 heavy (non-hydrogen) atoms. The maximum absolute atomic E-state index is 5.68. The maximum atomic E-state index is 5.68. The summed E-state index contributed by atoms with van der Waals surface area (Å²) in [4.78, 5) is 0. The van der Waals surface area contributed by atoms with Crippen LogP contribution in [0.4, 0.5) is 11.4 Å². The zero-order valence-corrected chi connectivity index (χ0v) is 9.60. The van der Waals surface area contributed by atoms with E-state index in [1.165, 1.54) is 0 Å². The number of anilines is 2. The molecule has 0 unspecified atom stereocenters. The number of ether oxygens (including phenoxy) is 1. The number of hydrogen-bond donors (Lipinski definition) is 2. The molecule has 0 aliphatic heterocycles. The topological polar surface area (TPSA) is 47.3 Å². The summed E-state index contributed by atoms with van der Waals surface area (Å²) in [5.74, 6) is 0.891. The first kappa shape index (κ1) is 11.3. The molecule has 0 heterocycles. The normalized spacial score (nSPS) is 9.88. The van der Waals surface area contributed by atoms with Crippen LogP contribution in [0.15, 0.2) is 54.6 Å². The van der Waals surface area contributed by atoms with Crippen molar-refractivity contribution in [1.82, 2.24) is 0 Å². The van der Waals surface area contributed by atoms with Crippen LogP contribution in [0.1, 0.15) is 0 Å². The Kier molecular flexibility index (Phi) is 3.86. The maximum Gasteiger partial charge on any atom is 0.119 e. The number of nitrogens with one attached hydrogen (secondary N) is 1. The van der Waals surface area contributed by atoms with Crippen molar-refractivity contribution < 1.29 is 4.74 Å². The van der Waals surface area contributed by atoms with Crippen molar-refractivity contribution >= 4 is 11.4 Å². The molecule has 2 aromatic rings. The van der Waals surface area contributed by atoms with Gasteiger partial charge >= 0.3 is 0 Å². The molecule has 3 N–H and O–H groups in total. The minimum Gasteiger partial charge on any atom is -0.492 e. The van der Waals surface area contributed by atoms with Gasteiger partial charge in [-0.15, -0.1) is 0 Å². The monoisotopic (exact) mass is 228 g/mol. The van der Waals surface area contributed by atoms with Gasteiger partial charge in [0.25, 0.3) is 0 Å². The van der Waals surface area contributed by atoms with Crippen LogP contribution in [0, 0.1) is 0 Å². The van der Waals surface area contributed by atoms with E-state index in [1.54, 1.807) is 0 Å². The van der Waals surface area contributed by atoms with Crippen LogP contribution in [0.2, 0.25) is 0 Å². The molecule has 2 rings (SSSR count). The molecule has 2 aromatic carbocycles. The van der Waals surface area contributed by atoms with E-state index in [9.17, 15) is 0 Å². The second-order valence-corrected chi connectivity index (χ2v) is 3.71. The highest BCUT2D eigenvalue weighted by molar-refractivity contribution is 5.53. The van der Waals surface area contributed by atoms with Crippen molar-refractivity contribution in [1.29, 1.82) is 0 Å². The fourth-order valence-corrected chi connectivity index (χ4v) is 1.53. The smallest absolute Gasteiger partial charge is 0.119 e. The summed E-state index contributed by atoms with van der Waals surface area (Å²) in [5, 5.41) is 3.25. The molecule has 0 atom stereocenters. The number of hydrogen-bond acceptors (Lipinski definition) is 3. The van der Waals surface area contributed by atoms with Crippen LogP contribution in [0.3, 0.4) is 0 Å². The van der Waals surface area contributed by atoms with E-state index in [0.29, 0.717) is 6.61 Å². The molecule has 0 radical (unpaired) electrons. The number of nitrogen functional groups attached to an aromatic ring is 1. The highest BCUT2D eigenvalue weighted by Gasteiger charge is 1.93. The highest BCUT2D eigenvalue weighted by Crippen LogP contribution is 2.11. The van der Waals surface area contributed by atoms with Crippen molar-refractivity contribution in [2.45, 2.75) is 0 Å². The third kappa shape index (κ3) is 3.72. The Bertz CT molecular complexity index is 457. The third-order valence-corrected chi connectivity index (χ3v) is 2.33. The molecule has 0 fully saturated rings. The van der Waals surface area contributed by atoms with Crippen LogP contribution in [0.25, 0.3) is 0 Å². The van der Waals surface area contributed by atoms with E-state index in [0.717, 1.165) is 23.7 Å². The lowest BCUT2D eigenvalue weighted by Crippen LogP contribution is -2.11. The fraction of sp³-hybridized carbons (Fsp3) is 0.143. The van der Waals surface area contributed by atoms with Gasteiger partial charge in [-0.05, 0) is 30.3 Å². The quantitative estimate of drug-likeness (QED) is 0.611. The number of rotatable bonds is 5. The third-order valence-electron chi connectivity index (χ3n) is 2.33. The summed E-state index contributed by atoms with van der Waals surface area (Å²) in [6, 6.07) is 17.5. The Morgan fingerprint density at radius 1 is 1.00 bits per heavy atom. The first-order valence-corrected chi connectivity index (χ1v) is 5.62.